The minimum Gasteiger partial charge on any atom is -0.491 e. The molecule has 0 saturated carbocycles. The van der Waals surface area contributed by atoms with E-state index in [1.165, 1.54) is 22.3 Å². The molecule has 218 valence electrons. The van der Waals surface area contributed by atoms with Crippen LogP contribution in [0.3, 0.4) is 0 Å². The third-order valence-corrected chi connectivity index (χ3v) is 8.01. The third kappa shape index (κ3) is 7.54. The van der Waals surface area contributed by atoms with Crippen molar-refractivity contribution < 1.29 is 14.2 Å². The van der Waals surface area contributed by atoms with Crippen LogP contribution in [-0.2, 0) is 35.2 Å². The van der Waals surface area contributed by atoms with Crippen LogP contribution in [-0.4, -0.2) is 37.1 Å². The molecule has 0 radical (unpaired) electrons. The summed E-state index contributed by atoms with van der Waals surface area (Å²) in [6, 6.07) is 12.7. The fraction of sp³-hybridized carbons (Fsp3) is 0.559. The van der Waals surface area contributed by atoms with Crippen molar-refractivity contribution in [2.75, 3.05) is 19.8 Å². The molecule has 6 heteroatoms. The number of pyridine rings is 1. The van der Waals surface area contributed by atoms with Crippen LogP contribution >= 0.6 is 0 Å². The van der Waals surface area contributed by atoms with E-state index < -0.39 is 0 Å². The number of rotatable bonds is 16. The van der Waals surface area contributed by atoms with Crippen LogP contribution in [0.2, 0.25) is 0 Å². The third-order valence-electron chi connectivity index (χ3n) is 8.01. The second-order valence-electron chi connectivity index (χ2n) is 11.0. The lowest BCUT2D eigenvalue weighted by Crippen LogP contribution is -2.35. The molecule has 2 aromatic carbocycles. The molecule has 2 atom stereocenters. The van der Waals surface area contributed by atoms with Gasteiger partial charge in [0.25, 0.3) is 0 Å². The number of aromatic amines is 1. The van der Waals surface area contributed by atoms with E-state index in [0.29, 0.717) is 31.5 Å². The quantitative estimate of drug-likeness (QED) is 0.152. The summed E-state index contributed by atoms with van der Waals surface area (Å²) in [7, 11) is 0. The Morgan fingerprint density at radius 2 is 1.60 bits per heavy atom. The molecule has 1 unspecified atom stereocenters. The van der Waals surface area contributed by atoms with Crippen molar-refractivity contribution in [1.29, 1.82) is 0 Å². The summed E-state index contributed by atoms with van der Waals surface area (Å²) >= 11 is 0. The van der Waals surface area contributed by atoms with Gasteiger partial charge in [0.05, 0.1) is 18.2 Å². The van der Waals surface area contributed by atoms with Crippen molar-refractivity contribution in [3.63, 3.8) is 0 Å². The number of hydrogen-bond acceptors (Lipinski definition) is 5. The normalized spacial score (nSPS) is 14.9. The molecule has 0 bridgehead atoms. The van der Waals surface area contributed by atoms with Crippen LogP contribution in [0.4, 0.5) is 0 Å². The summed E-state index contributed by atoms with van der Waals surface area (Å²) in [5, 5.41) is 4.76. The molecule has 0 aliphatic heterocycles. The van der Waals surface area contributed by atoms with Gasteiger partial charge in [-0.05, 0) is 85.4 Å². The lowest BCUT2D eigenvalue weighted by Gasteiger charge is -2.26. The Hall–Kier alpha value is -2.67. The van der Waals surface area contributed by atoms with E-state index in [-0.39, 0.29) is 18.0 Å². The highest BCUT2D eigenvalue weighted by Gasteiger charge is 2.26. The Kier molecular flexibility index (Phi) is 11.2. The van der Waals surface area contributed by atoms with E-state index in [1.807, 2.05) is 19.1 Å². The standard InChI is InChI=1S/C34H48N2O4/c1-6-10-16-38-23(5)40-32(22-35-28-20-26-18-24(8-3)25(9-4)19-27(26)21-28)29-12-14-31(39-17-11-7-2)34-30(29)13-15-33(37)36-34/h12-15,18-19,23,28,32,35H,6-11,16-17,20-22H2,1-5H3,(H,36,37)/t23?,32-/m0/s1. The van der Waals surface area contributed by atoms with Crippen LogP contribution in [0.1, 0.15) is 94.2 Å². The summed E-state index contributed by atoms with van der Waals surface area (Å²) in [5.41, 5.74) is 7.49. The first-order chi connectivity index (χ1) is 19.5. The van der Waals surface area contributed by atoms with E-state index in [4.69, 9.17) is 14.2 Å². The molecule has 0 spiro atoms. The fourth-order valence-corrected chi connectivity index (χ4v) is 5.72. The molecule has 0 amide bonds. The average Bonchev–Trinajstić information content (AvgIpc) is 3.36. The molecule has 2 N–H and O–H groups in total. The number of H-pyrrole nitrogens is 1. The smallest absolute Gasteiger partial charge is 0.248 e. The molecule has 3 aromatic rings. The molecule has 40 heavy (non-hydrogen) atoms. The van der Waals surface area contributed by atoms with E-state index in [1.54, 1.807) is 6.07 Å². The number of fused-ring (bicyclic) bond motifs is 2. The van der Waals surface area contributed by atoms with Crippen molar-refractivity contribution in [3.8, 4) is 5.75 Å². The van der Waals surface area contributed by atoms with Gasteiger partial charge < -0.3 is 24.5 Å². The maximum atomic E-state index is 12.3. The van der Waals surface area contributed by atoms with E-state index in [9.17, 15) is 4.79 Å². The van der Waals surface area contributed by atoms with Crippen molar-refractivity contribution >= 4 is 10.9 Å². The summed E-state index contributed by atoms with van der Waals surface area (Å²) in [4.78, 5) is 15.3. The van der Waals surface area contributed by atoms with Gasteiger partial charge in [-0.2, -0.15) is 0 Å². The van der Waals surface area contributed by atoms with Gasteiger partial charge in [-0.1, -0.05) is 58.7 Å². The monoisotopic (exact) mass is 548 g/mol. The second kappa shape index (κ2) is 14.8. The van der Waals surface area contributed by atoms with Crippen LogP contribution in [0, 0.1) is 0 Å². The van der Waals surface area contributed by atoms with Crippen LogP contribution in [0.25, 0.3) is 10.9 Å². The summed E-state index contributed by atoms with van der Waals surface area (Å²) in [6.07, 6.45) is 7.70. The fourth-order valence-electron chi connectivity index (χ4n) is 5.72. The number of aromatic nitrogens is 1. The van der Waals surface area contributed by atoms with Gasteiger partial charge in [0, 0.05) is 30.6 Å². The molecular formula is C34H48N2O4. The van der Waals surface area contributed by atoms with Gasteiger partial charge in [-0.25, -0.2) is 0 Å². The zero-order valence-corrected chi connectivity index (χ0v) is 25.1. The predicted molar refractivity (Wildman–Crippen MR) is 164 cm³/mol. The molecule has 1 heterocycles. The van der Waals surface area contributed by atoms with Crippen LogP contribution in [0.5, 0.6) is 5.75 Å². The second-order valence-corrected chi connectivity index (χ2v) is 11.0. The summed E-state index contributed by atoms with van der Waals surface area (Å²) in [6.45, 7) is 12.7. The average molecular weight is 549 g/mol. The first kappa shape index (κ1) is 30.3. The largest absolute Gasteiger partial charge is 0.491 e. The Balaban J connectivity index is 1.57. The molecular weight excluding hydrogens is 500 g/mol. The van der Waals surface area contributed by atoms with Gasteiger partial charge >= 0.3 is 0 Å². The molecule has 1 aliphatic rings. The maximum absolute atomic E-state index is 12.3. The van der Waals surface area contributed by atoms with E-state index >= 15 is 0 Å². The topological polar surface area (TPSA) is 72.6 Å². The first-order valence-electron chi connectivity index (χ1n) is 15.4. The summed E-state index contributed by atoms with van der Waals surface area (Å²) in [5.74, 6) is 0.702. The molecule has 6 nitrogen and oxygen atoms in total. The zero-order valence-electron chi connectivity index (χ0n) is 25.1. The Morgan fingerprint density at radius 3 is 2.25 bits per heavy atom. The van der Waals surface area contributed by atoms with Crippen LogP contribution < -0.4 is 15.6 Å². The lowest BCUT2D eigenvalue weighted by atomic mass is 9.97. The molecule has 1 aromatic heterocycles. The van der Waals surface area contributed by atoms with Crippen molar-refractivity contribution in [1.82, 2.24) is 10.3 Å². The lowest BCUT2D eigenvalue weighted by molar-refractivity contribution is -0.161. The first-order valence-corrected chi connectivity index (χ1v) is 15.4. The minimum absolute atomic E-state index is 0.140. The minimum atomic E-state index is -0.350. The maximum Gasteiger partial charge on any atom is 0.248 e. The highest BCUT2D eigenvalue weighted by Crippen LogP contribution is 2.33. The highest BCUT2D eigenvalue weighted by molar-refractivity contribution is 5.87. The number of ether oxygens (including phenoxy) is 3. The van der Waals surface area contributed by atoms with E-state index in [0.717, 1.165) is 67.8 Å². The molecule has 0 fully saturated rings. The number of hydrogen-bond donors (Lipinski definition) is 2. The molecule has 1 aliphatic carbocycles. The van der Waals surface area contributed by atoms with Crippen molar-refractivity contribution in [2.24, 2.45) is 0 Å². The Labute approximate surface area is 239 Å². The molecule has 0 saturated heterocycles. The highest BCUT2D eigenvalue weighted by atomic mass is 16.7. The molecule has 4 rings (SSSR count). The van der Waals surface area contributed by atoms with Gasteiger partial charge in [0.2, 0.25) is 5.56 Å². The number of unbranched alkanes of at least 4 members (excludes halogenated alkanes) is 2. The van der Waals surface area contributed by atoms with E-state index in [2.05, 4.69) is 56.2 Å². The van der Waals surface area contributed by atoms with Crippen molar-refractivity contribution in [3.05, 3.63) is 74.6 Å². The number of nitrogens with one attached hydrogen (secondary N) is 2. The van der Waals surface area contributed by atoms with Crippen LogP contribution in [0.15, 0.2) is 41.2 Å². The predicted octanol–water partition coefficient (Wildman–Crippen LogP) is 6.81. The number of benzene rings is 2. The zero-order chi connectivity index (χ0) is 28.5. The van der Waals surface area contributed by atoms with Gasteiger partial charge in [0.1, 0.15) is 5.75 Å². The summed E-state index contributed by atoms with van der Waals surface area (Å²) < 4.78 is 18.6. The number of aryl methyl sites for hydroxylation is 2. The van der Waals surface area contributed by atoms with Gasteiger partial charge in [0.15, 0.2) is 6.29 Å². The van der Waals surface area contributed by atoms with Gasteiger partial charge in [-0.3, -0.25) is 4.79 Å². The van der Waals surface area contributed by atoms with Crippen molar-refractivity contribution in [2.45, 2.75) is 104 Å². The Morgan fingerprint density at radius 1 is 0.925 bits per heavy atom. The van der Waals surface area contributed by atoms with Gasteiger partial charge in [-0.15, -0.1) is 0 Å². The SMILES string of the molecule is CCCCOc1ccc([C@H](CNC2Cc3cc(CC)c(CC)cc3C2)OC(C)OCCCC)c2ccc(=O)[nH]c12. The Bertz CT molecular complexity index is 1270.